The van der Waals surface area contributed by atoms with Crippen LogP contribution in [-0.4, -0.2) is 11.9 Å². The number of ether oxygens (including phenoxy) is 1. The van der Waals surface area contributed by atoms with Gasteiger partial charge in [-0.3, -0.25) is 4.79 Å². The zero-order valence-corrected chi connectivity index (χ0v) is 12.5. The molecule has 0 aromatic heterocycles. The summed E-state index contributed by atoms with van der Waals surface area (Å²) >= 11 is 0. The van der Waals surface area contributed by atoms with Gasteiger partial charge in [-0.25, -0.2) is 4.79 Å². The number of aryl methyl sites for hydroxylation is 1. The largest absolute Gasteiger partial charge is 0.423 e. The van der Waals surface area contributed by atoms with Crippen LogP contribution in [0.5, 0.6) is 5.75 Å². The molecule has 4 nitrogen and oxygen atoms in total. The average molecular weight is 295 g/mol. The summed E-state index contributed by atoms with van der Waals surface area (Å²) < 4.78 is 5.18. The van der Waals surface area contributed by atoms with E-state index >= 15 is 0 Å². The summed E-state index contributed by atoms with van der Waals surface area (Å²) in [6, 6.07) is 14.4. The first-order valence-electron chi connectivity index (χ1n) is 6.87. The van der Waals surface area contributed by atoms with E-state index in [-0.39, 0.29) is 5.91 Å². The number of esters is 1. The smallest absolute Gasteiger partial charge is 0.336 e. The number of anilines is 1. The molecular weight excluding hydrogens is 278 g/mol. The molecule has 0 atom stereocenters. The van der Waals surface area contributed by atoms with Crippen molar-refractivity contribution in [2.75, 3.05) is 5.32 Å². The van der Waals surface area contributed by atoms with E-state index in [1.807, 2.05) is 31.2 Å². The lowest BCUT2D eigenvalue weighted by molar-refractivity contribution is -0.128. The first-order chi connectivity index (χ1) is 10.5. The highest BCUT2D eigenvalue weighted by atomic mass is 16.5. The number of rotatable bonds is 4. The first-order valence-corrected chi connectivity index (χ1v) is 6.87. The number of hydrogen-bond donors (Lipinski definition) is 1. The Kier molecular flexibility index (Phi) is 5.09. The van der Waals surface area contributed by atoms with Gasteiger partial charge in [0.15, 0.2) is 0 Å². The number of hydrogen-bond acceptors (Lipinski definition) is 3. The van der Waals surface area contributed by atoms with Crippen molar-refractivity contribution in [3.05, 3.63) is 65.7 Å². The molecule has 0 aliphatic heterocycles. The van der Waals surface area contributed by atoms with Gasteiger partial charge in [0, 0.05) is 18.7 Å². The second-order valence-corrected chi connectivity index (χ2v) is 4.87. The van der Waals surface area contributed by atoms with Crippen LogP contribution >= 0.6 is 0 Å². The Balaban J connectivity index is 1.94. The summed E-state index contributed by atoms with van der Waals surface area (Å²) in [5, 5.41) is 2.64. The van der Waals surface area contributed by atoms with Crippen molar-refractivity contribution in [1.82, 2.24) is 0 Å². The van der Waals surface area contributed by atoms with Crippen molar-refractivity contribution in [3.8, 4) is 5.75 Å². The average Bonchev–Trinajstić information content (AvgIpc) is 2.48. The molecular formula is C18H17NO3. The van der Waals surface area contributed by atoms with Crippen LogP contribution < -0.4 is 10.1 Å². The summed E-state index contributed by atoms with van der Waals surface area (Å²) in [6.07, 6.45) is 3.08. The molecule has 0 spiro atoms. The van der Waals surface area contributed by atoms with Crippen LogP contribution in [0.15, 0.2) is 54.6 Å². The molecule has 2 aromatic rings. The van der Waals surface area contributed by atoms with Crippen LogP contribution in [0.3, 0.4) is 0 Å². The monoisotopic (exact) mass is 295 g/mol. The standard InChI is InChI=1S/C18H17NO3/c1-13-3-5-15(6-4-13)7-12-18(21)22-17-10-8-16(9-11-17)19-14(2)20/h3-12H,1-2H3,(H,19,20)/b12-7+. The van der Waals surface area contributed by atoms with Crippen LogP contribution in [0.25, 0.3) is 6.08 Å². The predicted molar refractivity (Wildman–Crippen MR) is 86.6 cm³/mol. The molecule has 1 amide bonds. The van der Waals surface area contributed by atoms with Crippen LogP contribution in [0, 0.1) is 6.92 Å². The van der Waals surface area contributed by atoms with Crippen LogP contribution in [0.1, 0.15) is 18.1 Å². The fraction of sp³-hybridized carbons (Fsp3) is 0.111. The molecule has 0 saturated carbocycles. The number of carbonyl (C=O) groups is 2. The van der Waals surface area contributed by atoms with Crippen molar-refractivity contribution in [1.29, 1.82) is 0 Å². The van der Waals surface area contributed by atoms with E-state index in [9.17, 15) is 9.59 Å². The van der Waals surface area contributed by atoms with Gasteiger partial charge in [0.25, 0.3) is 0 Å². The molecule has 0 aliphatic carbocycles. The van der Waals surface area contributed by atoms with Crippen molar-refractivity contribution in [2.24, 2.45) is 0 Å². The maximum atomic E-state index is 11.7. The third kappa shape index (κ3) is 4.90. The molecule has 0 radical (unpaired) electrons. The Labute approximate surface area is 129 Å². The summed E-state index contributed by atoms with van der Waals surface area (Å²) in [4.78, 5) is 22.6. The molecule has 1 N–H and O–H groups in total. The SMILES string of the molecule is CC(=O)Nc1ccc(OC(=O)/C=C/c2ccc(C)cc2)cc1. The van der Waals surface area contributed by atoms with E-state index < -0.39 is 5.97 Å². The second-order valence-electron chi connectivity index (χ2n) is 4.87. The van der Waals surface area contributed by atoms with Gasteiger partial charge < -0.3 is 10.1 Å². The van der Waals surface area contributed by atoms with Crippen LogP contribution in [0.4, 0.5) is 5.69 Å². The van der Waals surface area contributed by atoms with Gasteiger partial charge in [-0.1, -0.05) is 29.8 Å². The highest BCUT2D eigenvalue weighted by Crippen LogP contribution is 2.16. The number of amides is 1. The maximum absolute atomic E-state index is 11.7. The normalized spacial score (nSPS) is 10.5. The molecule has 2 rings (SSSR count). The summed E-state index contributed by atoms with van der Waals surface area (Å²) in [6.45, 7) is 3.44. The number of carbonyl (C=O) groups excluding carboxylic acids is 2. The minimum absolute atomic E-state index is 0.147. The summed E-state index contributed by atoms with van der Waals surface area (Å²) in [7, 11) is 0. The Morgan fingerprint density at radius 2 is 1.64 bits per heavy atom. The quantitative estimate of drug-likeness (QED) is 0.533. The lowest BCUT2D eigenvalue weighted by Crippen LogP contribution is -2.06. The molecule has 2 aromatic carbocycles. The van der Waals surface area contributed by atoms with Gasteiger partial charge in [-0.2, -0.15) is 0 Å². The van der Waals surface area contributed by atoms with Crippen molar-refractivity contribution in [2.45, 2.75) is 13.8 Å². The molecule has 22 heavy (non-hydrogen) atoms. The Morgan fingerprint density at radius 1 is 1.00 bits per heavy atom. The van der Waals surface area contributed by atoms with E-state index in [0.29, 0.717) is 11.4 Å². The lowest BCUT2D eigenvalue weighted by Gasteiger charge is -2.04. The van der Waals surface area contributed by atoms with Gasteiger partial charge >= 0.3 is 5.97 Å². The molecule has 112 valence electrons. The number of benzene rings is 2. The molecule has 0 unspecified atom stereocenters. The first kappa shape index (κ1) is 15.5. The van der Waals surface area contributed by atoms with Crippen molar-refractivity contribution in [3.63, 3.8) is 0 Å². The second kappa shape index (κ2) is 7.22. The van der Waals surface area contributed by atoms with Gasteiger partial charge in [0.05, 0.1) is 0 Å². The molecule has 0 heterocycles. The maximum Gasteiger partial charge on any atom is 0.336 e. The minimum Gasteiger partial charge on any atom is -0.423 e. The fourth-order valence-electron chi connectivity index (χ4n) is 1.80. The highest BCUT2D eigenvalue weighted by Gasteiger charge is 2.01. The van der Waals surface area contributed by atoms with Gasteiger partial charge in [0.1, 0.15) is 5.75 Å². The molecule has 0 bridgehead atoms. The summed E-state index contributed by atoms with van der Waals surface area (Å²) in [5.74, 6) is -0.175. The molecule has 0 fully saturated rings. The van der Waals surface area contributed by atoms with Gasteiger partial charge in [-0.15, -0.1) is 0 Å². The Bertz CT molecular complexity index is 685. The zero-order chi connectivity index (χ0) is 15.9. The fourth-order valence-corrected chi connectivity index (χ4v) is 1.80. The Morgan fingerprint density at radius 3 is 2.23 bits per heavy atom. The molecule has 0 saturated heterocycles. The third-order valence-electron chi connectivity index (χ3n) is 2.88. The minimum atomic E-state index is -0.451. The van der Waals surface area contributed by atoms with Crippen LogP contribution in [-0.2, 0) is 9.59 Å². The third-order valence-corrected chi connectivity index (χ3v) is 2.88. The lowest BCUT2D eigenvalue weighted by atomic mass is 10.1. The molecule has 0 aliphatic rings. The van der Waals surface area contributed by atoms with E-state index in [1.54, 1.807) is 30.3 Å². The topological polar surface area (TPSA) is 55.4 Å². The molecule has 4 heteroatoms. The highest BCUT2D eigenvalue weighted by molar-refractivity contribution is 5.90. The van der Waals surface area contributed by atoms with Crippen molar-refractivity contribution >= 4 is 23.6 Å². The zero-order valence-electron chi connectivity index (χ0n) is 12.5. The van der Waals surface area contributed by atoms with E-state index in [2.05, 4.69) is 5.32 Å². The van der Waals surface area contributed by atoms with E-state index in [0.717, 1.165) is 5.56 Å². The predicted octanol–water partition coefficient (Wildman–Crippen LogP) is 3.57. The van der Waals surface area contributed by atoms with Crippen molar-refractivity contribution < 1.29 is 14.3 Å². The van der Waals surface area contributed by atoms with E-state index in [4.69, 9.17) is 4.74 Å². The number of nitrogens with one attached hydrogen (secondary N) is 1. The van der Waals surface area contributed by atoms with Crippen LogP contribution in [0.2, 0.25) is 0 Å². The van der Waals surface area contributed by atoms with Gasteiger partial charge in [-0.05, 0) is 42.8 Å². The van der Waals surface area contributed by atoms with E-state index in [1.165, 1.54) is 18.6 Å². The summed E-state index contributed by atoms with van der Waals surface area (Å²) in [5.41, 5.74) is 2.75. The van der Waals surface area contributed by atoms with Gasteiger partial charge in [0.2, 0.25) is 5.91 Å². The Hall–Kier alpha value is -2.88.